The van der Waals surface area contributed by atoms with Crippen molar-refractivity contribution in [1.29, 1.82) is 0 Å². The first kappa shape index (κ1) is 14.6. The van der Waals surface area contributed by atoms with Crippen LogP contribution in [0.3, 0.4) is 0 Å². The summed E-state index contributed by atoms with van der Waals surface area (Å²) in [5.41, 5.74) is 4.79. The molecule has 2 heterocycles. The highest BCUT2D eigenvalue weighted by atomic mass is 32.1. The van der Waals surface area contributed by atoms with Crippen molar-refractivity contribution in [2.45, 2.75) is 13.8 Å². The lowest BCUT2D eigenvalue weighted by atomic mass is 10.0. The van der Waals surface area contributed by atoms with Gasteiger partial charge in [-0.2, -0.15) is 0 Å². The van der Waals surface area contributed by atoms with E-state index in [0.717, 1.165) is 5.69 Å². The van der Waals surface area contributed by atoms with E-state index in [1.807, 2.05) is 17.5 Å². The van der Waals surface area contributed by atoms with Crippen molar-refractivity contribution in [2.75, 3.05) is 0 Å². The molecular weight excluding hydrogens is 322 g/mol. The lowest BCUT2D eigenvalue weighted by Gasteiger charge is -2.06. The first-order chi connectivity index (χ1) is 12.2. The minimum absolute atomic E-state index is 1.09. The normalized spacial score (nSPS) is 11.6. The van der Waals surface area contributed by atoms with Crippen LogP contribution in [0.2, 0.25) is 0 Å². The molecule has 0 aliphatic heterocycles. The van der Waals surface area contributed by atoms with Crippen molar-refractivity contribution in [1.82, 2.24) is 4.98 Å². The molecule has 5 rings (SSSR count). The lowest BCUT2D eigenvalue weighted by Crippen LogP contribution is -1.87. The first-order valence-electron chi connectivity index (χ1n) is 8.49. The number of rotatable bonds is 1. The van der Waals surface area contributed by atoms with Crippen LogP contribution in [0.5, 0.6) is 0 Å². The number of aromatic nitrogens is 1. The van der Waals surface area contributed by atoms with Gasteiger partial charge in [-0.1, -0.05) is 60.2 Å². The summed E-state index contributed by atoms with van der Waals surface area (Å²) in [4.78, 5) is 4.79. The van der Waals surface area contributed by atoms with Crippen molar-refractivity contribution in [3.8, 4) is 11.3 Å². The molecule has 0 radical (unpaired) electrons. The molecule has 0 amide bonds. The van der Waals surface area contributed by atoms with Crippen molar-refractivity contribution >= 4 is 42.3 Å². The molecule has 0 aliphatic carbocycles. The summed E-state index contributed by atoms with van der Waals surface area (Å²) in [5, 5.41) is 5.34. The molecule has 0 saturated heterocycles. The molecule has 3 aromatic carbocycles. The quantitative estimate of drug-likeness (QED) is 0.324. The highest BCUT2D eigenvalue weighted by molar-refractivity contribution is 7.26. The molecule has 5 aromatic rings. The second-order valence-corrected chi connectivity index (χ2v) is 7.67. The molecule has 0 bridgehead atoms. The van der Waals surface area contributed by atoms with E-state index in [0.29, 0.717) is 0 Å². The molecule has 2 heteroatoms. The summed E-state index contributed by atoms with van der Waals surface area (Å²) in [7, 11) is 0. The van der Waals surface area contributed by atoms with E-state index in [9.17, 15) is 0 Å². The van der Waals surface area contributed by atoms with E-state index in [-0.39, 0.29) is 0 Å². The Kier molecular flexibility index (Phi) is 3.16. The number of pyridine rings is 1. The van der Waals surface area contributed by atoms with Crippen molar-refractivity contribution in [3.05, 3.63) is 78.0 Å². The number of fused-ring (bicyclic) bond motifs is 5. The van der Waals surface area contributed by atoms with Crippen LogP contribution in [0, 0.1) is 13.8 Å². The smallest absolute Gasteiger partial charge is 0.0880 e. The highest BCUT2D eigenvalue weighted by Gasteiger charge is 2.15. The van der Waals surface area contributed by atoms with Crippen molar-refractivity contribution < 1.29 is 0 Å². The lowest BCUT2D eigenvalue weighted by molar-refractivity contribution is 1.31. The van der Waals surface area contributed by atoms with Gasteiger partial charge >= 0.3 is 0 Å². The second-order valence-electron chi connectivity index (χ2n) is 6.62. The van der Waals surface area contributed by atoms with E-state index in [4.69, 9.17) is 4.98 Å². The van der Waals surface area contributed by atoms with Gasteiger partial charge in [0.2, 0.25) is 0 Å². The molecular formula is C23H17NS. The summed E-state index contributed by atoms with van der Waals surface area (Å²) in [6.07, 6.45) is 2.02. The Bertz CT molecular complexity index is 1250. The fraction of sp³-hybridized carbons (Fsp3) is 0.0870. The van der Waals surface area contributed by atoms with Gasteiger partial charge in [-0.25, -0.2) is 0 Å². The average Bonchev–Trinajstić information content (AvgIpc) is 3.04. The summed E-state index contributed by atoms with van der Waals surface area (Å²) >= 11 is 1.85. The van der Waals surface area contributed by atoms with Crippen LogP contribution >= 0.6 is 11.3 Å². The van der Waals surface area contributed by atoms with Crippen LogP contribution in [0.25, 0.3) is 42.2 Å². The van der Waals surface area contributed by atoms with Crippen LogP contribution in [0.1, 0.15) is 11.1 Å². The molecule has 2 aromatic heterocycles. The van der Waals surface area contributed by atoms with Gasteiger partial charge in [-0.05, 0) is 36.2 Å². The number of benzene rings is 3. The van der Waals surface area contributed by atoms with Crippen molar-refractivity contribution in [2.24, 2.45) is 0 Å². The topological polar surface area (TPSA) is 12.9 Å². The molecule has 0 saturated carbocycles. The van der Waals surface area contributed by atoms with Gasteiger partial charge in [0.05, 0.1) is 10.4 Å². The first-order valence-corrected chi connectivity index (χ1v) is 9.30. The highest BCUT2D eigenvalue weighted by Crippen LogP contribution is 2.43. The van der Waals surface area contributed by atoms with Gasteiger partial charge in [-0.15, -0.1) is 11.3 Å². The minimum atomic E-state index is 1.09. The maximum absolute atomic E-state index is 4.79. The number of thiophene rings is 1. The third-order valence-electron chi connectivity index (χ3n) is 4.90. The summed E-state index contributed by atoms with van der Waals surface area (Å²) < 4.78 is 2.62. The Morgan fingerprint density at radius 2 is 1.60 bits per heavy atom. The Balaban J connectivity index is 1.95. The fourth-order valence-electron chi connectivity index (χ4n) is 3.61. The van der Waals surface area contributed by atoms with Gasteiger partial charge in [-0.3, -0.25) is 4.98 Å². The molecule has 0 fully saturated rings. The SMILES string of the molecule is Cc1ccc(-c2ncc(C)c3c2sc2ccc4ccccc4c23)cc1. The Labute approximate surface area is 150 Å². The Morgan fingerprint density at radius 1 is 0.800 bits per heavy atom. The molecule has 25 heavy (non-hydrogen) atoms. The summed E-state index contributed by atoms with van der Waals surface area (Å²) in [5.74, 6) is 0. The third kappa shape index (κ3) is 2.18. The second kappa shape index (κ2) is 5.40. The van der Waals surface area contributed by atoms with E-state index in [1.165, 1.54) is 47.6 Å². The number of hydrogen-bond donors (Lipinski definition) is 0. The number of aryl methyl sites for hydroxylation is 2. The number of hydrogen-bond acceptors (Lipinski definition) is 2. The van der Waals surface area contributed by atoms with Crippen LogP contribution in [-0.2, 0) is 0 Å². The van der Waals surface area contributed by atoms with Gasteiger partial charge in [0.25, 0.3) is 0 Å². The molecule has 0 N–H and O–H groups in total. The van der Waals surface area contributed by atoms with Crippen LogP contribution in [-0.4, -0.2) is 4.98 Å². The fourth-order valence-corrected chi connectivity index (χ4v) is 4.92. The van der Waals surface area contributed by atoms with Crippen LogP contribution in [0.15, 0.2) is 66.9 Å². The molecule has 0 aliphatic rings. The predicted molar refractivity (Wildman–Crippen MR) is 110 cm³/mol. The molecule has 1 nitrogen and oxygen atoms in total. The van der Waals surface area contributed by atoms with Gasteiger partial charge < -0.3 is 0 Å². The van der Waals surface area contributed by atoms with Gasteiger partial charge in [0, 0.05) is 27.2 Å². The van der Waals surface area contributed by atoms with E-state index >= 15 is 0 Å². The molecule has 0 atom stereocenters. The maximum atomic E-state index is 4.79. The zero-order valence-corrected chi connectivity index (χ0v) is 15.0. The Morgan fingerprint density at radius 3 is 2.44 bits per heavy atom. The minimum Gasteiger partial charge on any atom is -0.254 e. The maximum Gasteiger partial charge on any atom is 0.0880 e. The molecule has 0 spiro atoms. The zero-order chi connectivity index (χ0) is 17.0. The van der Waals surface area contributed by atoms with E-state index < -0.39 is 0 Å². The van der Waals surface area contributed by atoms with Gasteiger partial charge in [0.15, 0.2) is 0 Å². The van der Waals surface area contributed by atoms with E-state index in [2.05, 4.69) is 74.5 Å². The summed E-state index contributed by atoms with van der Waals surface area (Å²) in [6.45, 7) is 4.29. The molecule has 0 unspecified atom stereocenters. The Hall–Kier alpha value is -2.71. The average molecular weight is 339 g/mol. The third-order valence-corrected chi connectivity index (χ3v) is 6.06. The van der Waals surface area contributed by atoms with Gasteiger partial charge in [0.1, 0.15) is 0 Å². The monoisotopic (exact) mass is 339 g/mol. The largest absolute Gasteiger partial charge is 0.254 e. The zero-order valence-electron chi connectivity index (χ0n) is 14.2. The summed E-state index contributed by atoms with van der Waals surface area (Å²) in [6, 6.07) is 21.8. The number of nitrogens with zero attached hydrogens (tertiary/aromatic N) is 1. The van der Waals surface area contributed by atoms with Crippen LogP contribution in [0.4, 0.5) is 0 Å². The predicted octanol–water partition coefficient (Wildman–Crippen LogP) is 6.89. The van der Waals surface area contributed by atoms with Crippen molar-refractivity contribution in [3.63, 3.8) is 0 Å². The standard InChI is InChI=1S/C23H17NS/c1-14-7-9-17(10-8-14)22-23-20(15(2)13-24-22)21-18-6-4-3-5-16(18)11-12-19(21)25-23/h3-13H,1-2H3. The van der Waals surface area contributed by atoms with Crippen LogP contribution < -0.4 is 0 Å². The van der Waals surface area contributed by atoms with E-state index in [1.54, 1.807) is 0 Å². The molecule has 120 valence electrons.